The second-order valence-corrected chi connectivity index (χ2v) is 12.0. The van der Waals surface area contributed by atoms with Gasteiger partial charge in [0.25, 0.3) is 0 Å². The predicted octanol–water partition coefficient (Wildman–Crippen LogP) is 5.76. The van der Waals surface area contributed by atoms with Gasteiger partial charge in [0.2, 0.25) is 0 Å². The van der Waals surface area contributed by atoms with Crippen molar-refractivity contribution >= 4 is 27.6 Å². The van der Waals surface area contributed by atoms with Crippen molar-refractivity contribution in [2.45, 2.75) is 24.2 Å². The zero-order valence-electron chi connectivity index (χ0n) is 11.0. The van der Waals surface area contributed by atoms with Crippen molar-refractivity contribution in [2.75, 3.05) is 0 Å². The molecule has 0 atom stereocenters. The van der Waals surface area contributed by atoms with E-state index in [1.54, 1.807) is 0 Å². The molecule has 0 amide bonds. The number of hydrogen-bond acceptors (Lipinski definition) is 0. The Hall–Kier alpha value is -0.540. The van der Waals surface area contributed by atoms with Crippen LogP contribution in [0.1, 0.15) is 25.0 Å². The Morgan fingerprint density at radius 2 is 1.44 bits per heavy atom. The molecule has 0 aliphatic heterocycles. The van der Waals surface area contributed by atoms with Crippen LogP contribution in [-0.4, -0.2) is 0 Å². The van der Waals surface area contributed by atoms with Crippen LogP contribution in [0.5, 0.6) is 0 Å². The van der Waals surface area contributed by atoms with Gasteiger partial charge in [0.15, 0.2) is 0 Å². The van der Waals surface area contributed by atoms with Gasteiger partial charge in [-0.05, 0) is 0 Å². The van der Waals surface area contributed by atoms with Crippen molar-refractivity contribution in [3.63, 3.8) is 0 Å². The molecule has 2 rings (SSSR count). The van der Waals surface area contributed by atoms with Crippen molar-refractivity contribution in [1.82, 2.24) is 0 Å². The standard InChI is InChI=1S/C16H18ClI/c1-13-9-7-8-12-15(13)18(17)16(2,3)14-10-5-4-6-11-14/h4-12H,1-3H3. The van der Waals surface area contributed by atoms with E-state index in [4.69, 9.17) is 8.91 Å². The quantitative estimate of drug-likeness (QED) is 0.474. The van der Waals surface area contributed by atoms with Crippen LogP contribution in [0, 0.1) is 10.5 Å². The number of aryl methyl sites for hydroxylation is 1. The Morgan fingerprint density at radius 1 is 0.889 bits per heavy atom. The fourth-order valence-electron chi connectivity index (χ4n) is 1.92. The number of hydrogen-bond donors (Lipinski definition) is 0. The van der Waals surface area contributed by atoms with Crippen molar-refractivity contribution in [1.29, 1.82) is 0 Å². The van der Waals surface area contributed by atoms with Gasteiger partial charge in [-0.15, -0.1) is 0 Å². The van der Waals surface area contributed by atoms with Crippen LogP contribution in [-0.2, 0) is 3.42 Å². The van der Waals surface area contributed by atoms with Crippen molar-refractivity contribution in [2.24, 2.45) is 0 Å². The van der Waals surface area contributed by atoms with Gasteiger partial charge in [-0.2, -0.15) is 0 Å². The van der Waals surface area contributed by atoms with Gasteiger partial charge >= 0.3 is 121 Å². The summed E-state index contributed by atoms with van der Waals surface area (Å²) in [4.78, 5) is 0. The number of alkyl halides is 1. The minimum absolute atomic E-state index is 0.0683. The molecule has 0 bridgehead atoms. The molecular weight excluding hydrogens is 355 g/mol. The van der Waals surface area contributed by atoms with Gasteiger partial charge in [0, 0.05) is 0 Å². The Kier molecular flexibility index (Phi) is 4.33. The molecule has 2 aromatic rings. The zero-order chi connectivity index (χ0) is 13.2. The van der Waals surface area contributed by atoms with Crippen LogP contribution in [0.2, 0.25) is 0 Å². The first-order valence-corrected chi connectivity index (χ1v) is 10.9. The second-order valence-electron chi connectivity index (χ2n) is 4.83. The molecule has 0 unspecified atom stereocenters. The summed E-state index contributed by atoms with van der Waals surface area (Å²) >= 11 is -1.76. The summed E-state index contributed by atoms with van der Waals surface area (Å²) in [6.07, 6.45) is 0. The van der Waals surface area contributed by atoms with Crippen LogP contribution < -0.4 is 0 Å². The summed E-state index contributed by atoms with van der Waals surface area (Å²) in [5.74, 6) is 0. The number of rotatable bonds is 3. The SMILES string of the molecule is Cc1ccccc1I(Cl)C(C)(C)c1ccccc1. The van der Waals surface area contributed by atoms with E-state index in [1.165, 1.54) is 14.7 Å². The molecule has 0 aromatic heterocycles. The van der Waals surface area contributed by atoms with Crippen molar-refractivity contribution < 1.29 is 0 Å². The van der Waals surface area contributed by atoms with E-state index in [1.807, 2.05) is 0 Å². The van der Waals surface area contributed by atoms with Gasteiger partial charge in [-0.25, -0.2) is 0 Å². The molecule has 0 aliphatic rings. The minimum atomic E-state index is -1.76. The van der Waals surface area contributed by atoms with Crippen LogP contribution in [0.15, 0.2) is 54.6 Å². The fraction of sp³-hybridized carbons (Fsp3) is 0.250. The van der Waals surface area contributed by atoms with Crippen LogP contribution in [0.4, 0.5) is 0 Å². The Bertz CT molecular complexity index is 520. The van der Waals surface area contributed by atoms with E-state index in [-0.39, 0.29) is 3.42 Å². The number of benzene rings is 2. The van der Waals surface area contributed by atoms with Crippen LogP contribution in [0.3, 0.4) is 0 Å². The third-order valence-electron chi connectivity index (χ3n) is 3.13. The molecular formula is C16H18ClI. The predicted molar refractivity (Wildman–Crippen MR) is 89.2 cm³/mol. The summed E-state index contributed by atoms with van der Waals surface area (Å²) < 4.78 is 1.44. The first kappa shape index (κ1) is 13.9. The van der Waals surface area contributed by atoms with Gasteiger partial charge < -0.3 is 0 Å². The molecule has 0 heterocycles. The Balaban J connectivity index is 2.39. The van der Waals surface area contributed by atoms with Crippen LogP contribution >= 0.6 is 27.6 Å². The third kappa shape index (κ3) is 2.72. The molecule has 0 fully saturated rings. The van der Waals surface area contributed by atoms with E-state index in [0.29, 0.717) is 0 Å². The summed E-state index contributed by atoms with van der Waals surface area (Å²) in [6.45, 7) is 6.70. The molecule has 18 heavy (non-hydrogen) atoms. The van der Waals surface area contributed by atoms with Crippen LogP contribution in [0.25, 0.3) is 0 Å². The summed E-state index contributed by atoms with van der Waals surface area (Å²) in [5, 5.41) is 0. The van der Waals surface area contributed by atoms with Crippen molar-refractivity contribution in [3.05, 3.63) is 69.3 Å². The van der Waals surface area contributed by atoms with Gasteiger partial charge in [0.05, 0.1) is 0 Å². The Morgan fingerprint density at radius 3 is 2.06 bits per heavy atom. The topological polar surface area (TPSA) is 0 Å². The van der Waals surface area contributed by atoms with E-state index in [9.17, 15) is 0 Å². The van der Waals surface area contributed by atoms with Gasteiger partial charge in [-0.1, -0.05) is 0 Å². The molecule has 2 aromatic carbocycles. The first-order valence-electron chi connectivity index (χ1n) is 6.01. The molecule has 0 saturated heterocycles. The average molecular weight is 373 g/mol. The zero-order valence-corrected chi connectivity index (χ0v) is 13.9. The summed E-state index contributed by atoms with van der Waals surface area (Å²) in [7, 11) is 6.89. The molecule has 0 radical (unpaired) electrons. The maximum atomic E-state index is 6.89. The second kappa shape index (κ2) is 5.62. The molecule has 0 aliphatic carbocycles. The molecule has 0 saturated carbocycles. The number of halogens is 2. The first-order chi connectivity index (χ1) is 8.53. The van der Waals surface area contributed by atoms with E-state index < -0.39 is 18.7 Å². The van der Waals surface area contributed by atoms with E-state index in [2.05, 4.69) is 75.4 Å². The normalized spacial score (nSPS) is 12.3. The third-order valence-corrected chi connectivity index (χ3v) is 11.8. The van der Waals surface area contributed by atoms with Crippen molar-refractivity contribution in [3.8, 4) is 0 Å². The fourth-order valence-corrected chi connectivity index (χ4v) is 7.36. The average Bonchev–Trinajstić information content (AvgIpc) is 2.39. The van der Waals surface area contributed by atoms with Gasteiger partial charge in [-0.3, -0.25) is 0 Å². The monoisotopic (exact) mass is 372 g/mol. The summed E-state index contributed by atoms with van der Waals surface area (Å²) in [5.41, 5.74) is 2.66. The maximum absolute atomic E-state index is 6.89. The van der Waals surface area contributed by atoms with E-state index in [0.717, 1.165) is 0 Å². The molecule has 96 valence electrons. The Labute approximate surface area is 120 Å². The molecule has 2 heteroatoms. The van der Waals surface area contributed by atoms with Gasteiger partial charge in [0.1, 0.15) is 0 Å². The molecule has 0 N–H and O–H groups in total. The molecule has 0 spiro atoms. The van der Waals surface area contributed by atoms with E-state index >= 15 is 0 Å². The summed E-state index contributed by atoms with van der Waals surface area (Å²) in [6, 6.07) is 19.1. The molecule has 0 nitrogen and oxygen atoms in total.